The van der Waals surface area contributed by atoms with Crippen molar-refractivity contribution in [3.8, 4) is 11.7 Å². The number of carbonyl (C=O) groups excluding carboxylic acids is 1. The molecule has 15 heteroatoms. The molecule has 220 valence electrons. The lowest BCUT2D eigenvalue weighted by molar-refractivity contribution is -0.143. The molecular formula is C27H20F7N5O3. The quantitative estimate of drug-likeness (QED) is 0.243. The van der Waals surface area contributed by atoms with Gasteiger partial charge in [-0.15, -0.1) is 10.2 Å². The molecule has 1 fully saturated rings. The van der Waals surface area contributed by atoms with Gasteiger partial charge in [0.1, 0.15) is 12.4 Å². The van der Waals surface area contributed by atoms with Gasteiger partial charge >= 0.3 is 12.4 Å². The van der Waals surface area contributed by atoms with Crippen LogP contribution in [-0.4, -0.2) is 39.3 Å². The average molecular weight is 595 g/mol. The highest BCUT2D eigenvalue weighted by molar-refractivity contribution is 5.94. The number of anilines is 1. The van der Waals surface area contributed by atoms with E-state index in [9.17, 15) is 35.5 Å². The Morgan fingerprint density at radius 1 is 0.952 bits per heavy atom. The maximum atomic E-state index is 13.7. The zero-order chi connectivity index (χ0) is 30.1. The summed E-state index contributed by atoms with van der Waals surface area (Å²) in [5.41, 5.74) is -2.85. The van der Waals surface area contributed by atoms with E-state index in [4.69, 9.17) is 9.15 Å². The van der Waals surface area contributed by atoms with Gasteiger partial charge in [0.05, 0.1) is 24.2 Å². The fourth-order valence-electron chi connectivity index (χ4n) is 4.37. The highest BCUT2D eigenvalue weighted by Gasteiger charge is 2.38. The third-order valence-corrected chi connectivity index (χ3v) is 6.55. The van der Waals surface area contributed by atoms with Crippen molar-refractivity contribution in [2.45, 2.75) is 37.7 Å². The predicted molar refractivity (Wildman–Crippen MR) is 131 cm³/mol. The summed E-state index contributed by atoms with van der Waals surface area (Å²) in [6.45, 7) is 0.744. The van der Waals surface area contributed by atoms with E-state index in [0.717, 1.165) is 29.0 Å². The van der Waals surface area contributed by atoms with E-state index < -0.39 is 53.7 Å². The number of carbonyl (C=O) groups is 1. The van der Waals surface area contributed by atoms with Gasteiger partial charge in [-0.2, -0.15) is 26.3 Å². The number of halogens is 7. The second-order valence-electron chi connectivity index (χ2n) is 9.40. The van der Waals surface area contributed by atoms with Crippen molar-refractivity contribution in [2.75, 3.05) is 18.1 Å². The van der Waals surface area contributed by atoms with Gasteiger partial charge in [0.2, 0.25) is 17.6 Å². The number of hydrogen-bond acceptors (Lipinski definition) is 7. The lowest BCUT2D eigenvalue weighted by Gasteiger charge is -2.23. The molecule has 1 aliphatic rings. The van der Waals surface area contributed by atoms with Gasteiger partial charge in [0, 0.05) is 30.6 Å². The van der Waals surface area contributed by atoms with Crippen LogP contribution in [0.5, 0.6) is 0 Å². The molecule has 1 unspecified atom stereocenters. The summed E-state index contributed by atoms with van der Waals surface area (Å²) >= 11 is 0. The van der Waals surface area contributed by atoms with Crippen LogP contribution >= 0.6 is 0 Å². The molecule has 0 radical (unpaired) electrons. The molecule has 1 atom stereocenters. The van der Waals surface area contributed by atoms with E-state index in [1.54, 1.807) is 12.4 Å². The topological polar surface area (TPSA) is 94.2 Å². The Hall–Kier alpha value is -4.40. The zero-order valence-corrected chi connectivity index (χ0v) is 21.4. The van der Waals surface area contributed by atoms with Gasteiger partial charge < -0.3 is 14.1 Å². The van der Waals surface area contributed by atoms with Gasteiger partial charge in [-0.25, -0.2) is 14.4 Å². The molecule has 8 nitrogen and oxygen atoms in total. The fraction of sp³-hybridized carbons (Fsp3) is 0.296. The first kappa shape index (κ1) is 29.1. The van der Waals surface area contributed by atoms with Crippen molar-refractivity contribution in [3.63, 3.8) is 0 Å². The zero-order valence-electron chi connectivity index (χ0n) is 21.4. The molecule has 1 amide bonds. The monoisotopic (exact) mass is 595 g/mol. The molecule has 0 bridgehead atoms. The number of nitrogens with zero attached hydrogens (tertiary/aromatic N) is 5. The van der Waals surface area contributed by atoms with E-state index >= 15 is 0 Å². The van der Waals surface area contributed by atoms with E-state index in [2.05, 4.69) is 20.2 Å². The Kier molecular flexibility index (Phi) is 7.95. The van der Waals surface area contributed by atoms with Crippen LogP contribution in [0.2, 0.25) is 0 Å². The Morgan fingerprint density at radius 3 is 2.29 bits per heavy atom. The van der Waals surface area contributed by atoms with Crippen LogP contribution in [0.15, 0.2) is 59.3 Å². The van der Waals surface area contributed by atoms with Crippen molar-refractivity contribution in [1.82, 2.24) is 20.2 Å². The molecule has 1 saturated heterocycles. The maximum Gasteiger partial charge on any atom is 0.416 e. The summed E-state index contributed by atoms with van der Waals surface area (Å²) in [4.78, 5) is 22.7. The molecule has 2 aromatic heterocycles. The lowest BCUT2D eigenvalue weighted by atomic mass is 10.00. The smallest absolute Gasteiger partial charge is 0.416 e. The number of alkyl halides is 6. The molecule has 0 saturated carbocycles. The summed E-state index contributed by atoms with van der Waals surface area (Å²) in [6.07, 6.45) is -7.09. The SMILES string of the molecule is O=C(Cc1ccc(C(F)(F)F)cc1C(F)(F)F)N(Cc1nnc(-c2ncc(C3CCOC3)cn2)o1)c1ccc(F)cc1. The molecule has 2 aromatic carbocycles. The van der Waals surface area contributed by atoms with E-state index in [1.165, 1.54) is 12.1 Å². The van der Waals surface area contributed by atoms with Crippen LogP contribution in [-0.2, 0) is 34.8 Å². The van der Waals surface area contributed by atoms with Crippen LogP contribution in [0.25, 0.3) is 11.7 Å². The third-order valence-electron chi connectivity index (χ3n) is 6.55. The van der Waals surface area contributed by atoms with Crippen LogP contribution in [0.3, 0.4) is 0 Å². The maximum absolute atomic E-state index is 13.7. The van der Waals surface area contributed by atoms with Gasteiger partial charge in [-0.1, -0.05) is 6.07 Å². The first-order valence-electron chi connectivity index (χ1n) is 12.4. The van der Waals surface area contributed by atoms with E-state index in [0.29, 0.717) is 25.3 Å². The minimum absolute atomic E-state index is 0.0415. The molecule has 4 aromatic rings. The number of amides is 1. The second kappa shape index (κ2) is 11.5. The molecule has 0 aliphatic carbocycles. The number of benzene rings is 2. The molecule has 0 N–H and O–H groups in total. The Bertz CT molecular complexity index is 1550. The summed E-state index contributed by atoms with van der Waals surface area (Å²) in [7, 11) is 0. The summed E-state index contributed by atoms with van der Waals surface area (Å²) in [5, 5.41) is 7.75. The number of aromatic nitrogens is 4. The molecule has 5 rings (SSSR count). The molecule has 42 heavy (non-hydrogen) atoms. The minimum atomic E-state index is -5.17. The molecule has 0 spiro atoms. The Labute approximate surface area is 233 Å². The van der Waals surface area contributed by atoms with Crippen LogP contribution < -0.4 is 4.90 Å². The number of rotatable bonds is 7. The standard InChI is InChI=1S/C27H20F7N5O3/c28-19-3-5-20(6-4-19)39(23(40)9-15-1-2-18(26(29,30)31)10-21(15)27(32,33)34)13-22-37-38-25(42-22)24-35-11-17(12-36-24)16-7-8-41-14-16/h1-6,10-12,16H,7-9,13-14H2. The first-order chi connectivity index (χ1) is 19.9. The summed E-state index contributed by atoms with van der Waals surface area (Å²) in [5.74, 6) is -1.58. The Balaban J connectivity index is 1.40. The number of ether oxygens (including phenoxy) is 1. The minimum Gasteiger partial charge on any atom is -0.416 e. The predicted octanol–water partition coefficient (Wildman–Crippen LogP) is 5.98. The van der Waals surface area contributed by atoms with Gasteiger partial charge in [0.15, 0.2) is 0 Å². The van der Waals surface area contributed by atoms with Crippen LogP contribution in [0.4, 0.5) is 36.4 Å². The van der Waals surface area contributed by atoms with Gasteiger partial charge in [-0.3, -0.25) is 4.79 Å². The summed E-state index contributed by atoms with van der Waals surface area (Å²) in [6, 6.07) is 5.50. The van der Waals surface area contributed by atoms with Crippen LogP contribution in [0.1, 0.15) is 40.5 Å². The molecular weight excluding hydrogens is 575 g/mol. The average Bonchev–Trinajstić information content (AvgIpc) is 3.64. The highest BCUT2D eigenvalue weighted by atomic mass is 19.4. The highest BCUT2D eigenvalue weighted by Crippen LogP contribution is 2.38. The normalized spacial score (nSPS) is 15.6. The third kappa shape index (κ3) is 6.56. The van der Waals surface area contributed by atoms with E-state index in [-0.39, 0.29) is 35.3 Å². The van der Waals surface area contributed by atoms with Gasteiger partial charge in [0.25, 0.3) is 5.89 Å². The van der Waals surface area contributed by atoms with Crippen LogP contribution in [0, 0.1) is 5.82 Å². The largest absolute Gasteiger partial charge is 0.416 e. The second-order valence-corrected chi connectivity index (χ2v) is 9.40. The van der Waals surface area contributed by atoms with E-state index in [1.807, 2.05) is 0 Å². The molecule has 1 aliphatic heterocycles. The van der Waals surface area contributed by atoms with Crippen molar-refractivity contribution in [3.05, 3.63) is 88.8 Å². The summed E-state index contributed by atoms with van der Waals surface area (Å²) < 4.78 is 105. The van der Waals surface area contributed by atoms with Crippen molar-refractivity contribution < 1.29 is 44.7 Å². The van der Waals surface area contributed by atoms with Crippen molar-refractivity contribution in [2.24, 2.45) is 0 Å². The van der Waals surface area contributed by atoms with Crippen molar-refractivity contribution in [1.29, 1.82) is 0 Å². The van der Waals surface area contributed by atoms with Gasteiger partial charge in [-0.05, 0) is 53.9 Å². The number of hydrogen-bond donors (Lipinski definition) is 0. The Morgan fingerprint density at radius 2 is 1.67 bits per heavy atom. The fourth-order valence-corrected chi connectivity index (χ4v) is 4.37. The molecule has 3 heterocycles. The van der Waals surface area contributed by atoms with Crippen molar-refractivity contribution >= 4 is 11.6 Å². The first-order valence-corrected chi connectivity index (χ1v) is 12.4. The lowest BCUT2D eigenvalue weighted by Crippen LogP contribution is -2.32.